The van der Waals surface area contributed by atoms with E-state index < -0.39 is 10.0 Å². The third kappa shape index (κ3) is 4.53. The van der Waals surface area contributed by atoms with Gasteiger partial charge in [0.25, 0.3) is 0 Å². The zero-order valence-corrected chi connectivity index (χ0v) is 14.4. The van der Waals surface area contributed by atoms with Crippen molar-refractivity contribution in [3.8, 4) is 0 Å². The van der Waals surface area contributed by atoms with Gasteiger partial charge in [0, 0.05) is 13.2 Å². The predicted octanol–water partition coefficient (Wildman–Crippen LogP) is 1.46. The molecule has 1 aliphatic rings. The second-order valence-electron chi connectivity index (χ2n) is 5.92. The fraction of sp³-hybridized carbons (Fsp3) is 0.562. The Morgan fingerprint density at radius 3 is 2.78 bits per heavy atom. The van der Waals surface area contributed by atoms with Crippen LogP contribution in [0, 0.1) is 12.8 Å². The van der Waals surface area contributed by atoms with Crippen LogP contribution in [0.4, 0.5) is 0 Å². The summed E-state index contributed by atoms with van der Waals surface area (Å²) in [5, 5.41) is 8.05. The summed E-state index contributed by atoms with van der Waals surface area (Å²) in [7, 11) is -3.71. The summed E-state index contributed by atoms with van der Waals surface area (Å²) < 4.78 is 28.3. The van der Waals surface area contributed by atoms with Crippen molar-refractivity contribution in [1.29, 1.82) is 0 Å². The van der Waals surface area contributed by atoms with Crippen LogP contribution in [0.2, 0.25) is 0 Å². The van der Waals surface area contributed by atoms with E-state index in [1.165, 1.54) is 12.1 Å². The Morgan fingerprint density at radius 1 is 1.43 bits per heavy atom. The highest BCUT2D eigenvalue weighted by Crippen LogP contribution is 2.23. The van der Waals surface area contributed by atoms with Crippen LogP contribution in [0.3, 0.4) is 0 Å². The number of sulfonamides is 1. The van der Waals surface area contributed by atoms with Gasteiger partial charge in [0.2, 0.25) is 15.9 Å². The van der Waals surface area contributed by atoms with Gasteiger partial charge in [0.1, 0.15) is 0 Å². The number of benzene rings is 1. The van der Waals surface area contributed by atoms with Gasteiger partial charge in [-0.3, -0.25) is 4.79 Å². The van der Waals surface area contributed by atoms with Crippen LogP contribution in [-0.2, 0) is 26.1 Å². The quantitative estimate of drug-likeness (QED) is 0.848. The van der Waals surface area contributed by atoms with Crippen LogP contribution >= 0.6 is 0 Å². The van der Waals surface area contributed by atoms with Crippen molar-refractivity contribution in [2.75, 3.05) is 6.61 Å². The van der Waals surface area contributed by atoms with E-state index in [1.807, 2.05) is 6.92 Å². The fourth-order valence-electron chi connectivity index (χ4n) is 2.90. The van der Waals surface area contributed by atoms with Crippen molar-refractivity contribution in [3.63, 3.8) is 0 Å². The van der Waals surface area contributed by atoms with Crippen LogP contribution in [0.1, 0.15) is 37.3 Å². The topological polar surface area (TPSA) is 98.5 Å². The van der Waals surface area contributed by atoms with Gasteiger partial charge in [-0.1, -0.05) is 13.0 Å². The number of amides is 1. The molecular weight excluding hydrogens is 316 g/mol. The standard InChI is InChI=1S/C16H24N2O4S/c1-3-15-14(5-4-8-22-15)16(19)18-10-12-6-7-13(9-11(12)2)23(17,20)21/h6-7,9,14-15H,3-5,8,10H2,1-2H3,(H,18,19)(H2,17,20,21)/t14-,15+/m0/s1. The first kappa shape index (κ1) is 17.9. The molecular formula is C16H24N2O4S. The molecule has 0 unspecified atom stereocenters. The average molecular weight is 340 g/mol. The second kappa shape index (κ2) is 7.42. The molecule has 1 aromatic carbocycles. The number of nitrogens with one attached hydrogen (secondary N) is 1. The van der Waals surface area contributed by atoms with Crippen molar-refractivity contribution in [2.24, 2.45) is 11.1 Å². The Kier molecular flexibility index (Phi) is 5.78. The molecule has 1 aliphatic heterocycles. The number of hydrogen-bond acceptors (Lipinski definition) is 4. The Labute approximate surface area is 137 Å². The maximum Gasteiger partial charge on any atom is 0.238 e. The normalized spacial score (nSPS) is 21.9. The third-order valence-electron chi connectivity index (χ3n) is 4.27. The van der Waals surface area contributed by atoms with E-state index in [1.54, 1.807) is 13.0 Å². The molecule has 2 rings (SSSR count). The van der Waals surface area contributed by atoms with E-state index in [9.17, 15) is 13.2 Å². The van der Waals surface area contributed by atoms with Gasteiger partial charge in [-0.15, -0.1) is 0 Å². The minimum absolute atomic E-state index is 0.00790. The summed E-state index contributed by atoms with van der Waals surface area (Å²) in [6, 6.07) is 4.67. The number of rotatable bonds is 5. The molecule has 1 fully saturated rings. The number of primary sulfonamides is 1. The van der Waals surface area contributed by atoms with E-state index in [0.29, 0.717) is 6.54 Å². The number of aryl methyl sites for hydroxylation is 1. The number of carbonyl (C=O) groups excluding carboxylic acids is 1. The maximum absolute atomic E-state index is 12.4. The van der Waals surface area contributed by atoms with Crippen molar-refractivity contribution in [2.45, 2.75) is 50.7 Å². The minimum atomic E-state index is -3.71. The SMILES string of the molecule is CC[C@H]1OCCC[C@@H]1C(=O)NCc1ccc(S(N)(=O)=O)cc1C. The zero-order valence-electron chi connectivity index (χ0n) is 13.5. The lowest BCUT2D eigenvalue weighted by Gasteiger charge is -2.30. The summed E-state index contributed by atoms with van der Waals surface area (Å²) in [5.41, 5.74) is 1.65. The first-order chi connectivity index (χ1) is 10.8. The molecule has 0 radical (unpaired) electrons. The Bertz CT molecular complexity index is 673. The van der Waals surface area contributed by atoms with Gasteiger partial charge >= 0.3 is 0 Å². The average Bonchev–Trinajstić information content (AvgIpc) is 2.52. The van der Waals surface area contributed by atoms with E-state index >= 15 is 0 Å². The Balaban J connectivity index is 2.01. The van der Waals surface area contributed by atoms with Gasteiger partial charge in [-0.25, -0.2) is 13.6 Å². The van der Waals surface area contributed by atoms with Gasteiger partial charge < -0.3 is 10.1 Å². The summed E-state index contributed by atoms with van der Waals surface area (Å²) in [5.74, 6) is -0.121. The molecule has 23 heavy (non-hydrogen) atoms. The van der Waals surface area contributed by atoms with Crippen LogP contribution < -0.4 is 10.5 Å². The lowest BCUT2D eigenvalue weighted by Crippen LogP contribution is -2.41. The largest absolute Gasteiger partial charge is 0.377 e. The molecule has 2 atom stereocenters. The number of ether oxygens (including phenoxy) is 1. The summed E-state index contributed by atoms with van der Waals surface area (Å²) in [4.78, 5) is 12.5. The van der Waals surface area contributed by atoms with Crippen LogP contribution in [0.5, 0.6) is 0 Å². The van der Waals surface area contributed by atoms with E-state index in [2.05, 4.69) is 5.32 Å². The lowest BCUT2D eigenvalue weighted by atomic mass is 9.91. The monoisotopic (exact) mass is 340 g/mol. The molecule has 1 aromatic rings. The van der Waals surface area contributed by atoms with Gasteiger partial charge in [0.05, 0.1) is 16.9 Å². The van der Waals surface area contributed by atoms with Gasteiger partial charge in [0.15, 0.2) is 0 Å². The summed E-state index contributed by atoms with van der Waals surface area (Å²) >= 11 is 0. The first-order valence-electron chi connectivity index (χ1n) is 7.84. The molecule has 0 aromatic heterocycles. The van der Waals surface area contributed by atoms with Crippen molar-refractivity contribution in [1.82, 2.24) is 5.32 Å². The molecule has 128 valence electrons. The first-order valence-corrected chi connectivity index (χ1v) is 9.39. The molecule has 3 N–H and O–H groups in total. The molecule has 1 amide bonds. The van der Waals surface area contributed by atoms with Crippen molar-refractivity contribution < 1.29 is 17.9 Å². The predicted molar refractivity (Wildman–Crippen MR) is 87.2 cm³/mol. The highest BCUT2D eigenvalue weighted by Gasteiger charge is 2.30. The van der Waals surface area contributed by atoms with E-state index in [-0.39, 0.29) is 22.8 Å². The van der Waals surface area contributed by atoms with Crippen molar-refractivity contribution >= 4 is 15.9 Å². The highest BCUT2D eigenvalue weighted by atomic mass is 32.2. The van der Waals surface area contributed by atoms with Crippen LogP contribution in [-0.4, -0.2) is 27.0 Å². The lowest BCUT2D eigenvalue weighted by molar-refractivity contribution is -0.134. The molecule has 1 saturated heterocycles. The highest BCUT2D eigenvalue weighted by molar-refractivity contribution is 7.89. The van der Waals surface area contributed by atoms with Crippen molar-refractivity contribution in [3.05, 3.63) is 29.3 Å². The number of carbonyl (C=O) groups is 1. The molecule has 0 saturated carbocycles. The molecule has 0 aliphatic carbocycles. The molecule has 7 heteroatoms. The number of nitrogens with two attached hydrogens (primary N) is 1. The Hall–Kier alpha value is -1.44. The smallest absolute Gasteiger partial charge is 0.238 e. The fourth-order valence-corrected chi connectivity index (χ4v) is 3.50. The Morgan fingerprint density at radius 2 is 2.17 bits per heavy atom. The summed E-state index contributed by atoms with van der Waals surface area (Å²) in [6.45, 7) is 4.90. The van der Waals surface area contributed by atoms with Crippen LogP contribution in [0.15, 0.2) is 23.1 Å². The summed E-state index contributed by atoms with van der Waals surface area (Å²) in [6.07, 6.45) is 2.54. The van der Waals surface area contributed by atoms with E-state index in [4.69, 9.17) is 9.88 Å². The maximum atomic E-state index is 12.4. The van der Waals surface area contributed by atoms with E-state index in [0.717, 1.165) is 37.0 Å². The zero-order chi connectivity index (χ0) is 17.0. The van der Waals surface area contributed by atoms with Gasteiger partial charge in [-0.2, -0.15) is 0 Å². The molecule has 1 heterocycles. The number of hydrogen-bond donors (Lipinski definition) is 2. The second-order valence-corrected chi connectivity index (χ2v) is 7.48. The third-order valence-corrected chi connectivity index (χ3v) is 5.19. The van der Waals surface area contributed by atoms with Gasteiger partial charge in [-0.05, 0) is 49.4 Å². The molecule has 0 spiro atoms. The minimum Gasteiger partial charge on any atom is -0.377 e. The van der Waals surface area contributed by atoms with Crippen LogP contribution in [0.25, 0.3) is 0 Å². The molecule has 6 nitrogen and oxygen atoms in total. The molecule has 0 bridgehead atoms.